The molecule has 148 valence electrons. The van der Waals surface area contributed by atoms with Gasteiger partial charge in [-0.15, -0.1) is 0 Å². The number of rotatable bonds is 6. The van der Waals surface area contributed by atoms with E-state index in [1.165, 1.54) is 31.4 Å². The lowest BCUT2D eigenvalue weighted by Gasteiger charge is -2.19. The fourth-order valence-electron chi connectivity index (χ4n) is 2.86. The first-order valence-corrected chi connectivity index (χ1v) is 12.0. The summed E-state index contributed by atoms with van der Waals surface area (Å²) in [6.07, 6.45) is 0. The van der Waals surface area contributed by atoms with Gasteiger partial charge in [0.15, 0.2) is 0 Å². The van der Waals surface area contributed by atoms with Crippen molar-refractivity contribution < 1.29 is 18.9 Å². The van der Waals surface area contributed by atoms with Crippen molar-refractivity contribution in [2.24, 2.45) is 0 Å². The van der Waals surface area contributed by atoms with Crippen LogP contribution in [0.2, 0.25) is 5.02 Å². The molecule has 29 heavy (non-hydrogen) atoms. The predicted molar refractivity (Wildman–Crippen MR) is 122 cm³/mol. The number of methoxy groups -OCH3 is 1. The minimum absolute atomic E-state index is 0.0597. The van der Waals surface area contributed by atoms with Crippen LogP contribution in [0.25, 0.3) is 0 Å². The summed E-state index contributed by atoms with van der Waals surface area (Å²) in [6, 6.07) is 17.6. The fourth-order valence-corrected chi connectivity index (χ4v) is 7.19. The number of halogens is 3. The molecule has 0 aliphatic rings. The second-order valence-corrected chi connectivity index (χ2v) is 10.6. The molecule has 3 aromatic rings. The third-order valence-corrected chi connectivity index (χ3v) is 8.53. The standard InChI is InChI=1S/C21H14Br2ClO4P/c1-28-17-12-6-11-16(24)19(17)21(26)29(27,13-7-3-2-4-8-13)20(25)18-14(22)9-5-10-15(18)23/h2-12H,1H3. The molecular formula is C21H14Br2ClO4P. The van der Waals surface area contributed by atoms with Crippen LogP contribution in [0, 0.1) is 0 Å². The maximum absolute atomic E-state index is 14.3. The SMILES string of the molecule is COc1cccc(Cl)c1C(=O)P(=O)(C(=O)c1c(Br)cccc1Br)c1ccccc1. The Labute approximate surface area is 189 Å². The molecule has 0 radical (unpaired) electrons. The topological polar surface area (TPSA) is 60.4 Å². The highest BCUT2D eigenvalue weighted by Crippen LogP contribution is 2.54. The van der Waals surface area contributed by atoms with E-state index in [4.69, 9.17) is 16.3 Å². The molecular weight excluding hydrogens is 542 g/mol. The molecule has 0 spiro atoms. The van der Waals surface area contributed by atoms with Crippen LogP contribution in [0.5, 0.6) is 5.75 Å². The first-order chi connectivity index (χ1) is 13.8. The smallest absolute Gasteiger partial charge is 0.248 e. The van der Waals surface area contributed by atoms with E-state index in [2.05, 4.69) is 31.9 Å². The molecule has 0 amide bonds. The van der Waals surface area contributed by atoms with Gasteiger partial charge in [-0.1, -0.05) is 54.1 Å². The second kappa shape index (κ2) is 8.97. The Kier molecular flexibility index (Phi) is 6.79. The molecule has 0 aromatic heterocycles. The zero-order chi connectivity index (χ0) is 21.2. The van der Waals surface area contributed by atoms with Crippen LogP contribution < -0.4 is 10.0 Å². The lowest BCUT2D eigenvalue weighted by Crippen LogP contribution is -2.21. The van der Waals surface area contributed by atoms with Gasteiger partial charge in [0, 0.05) is 14.2 Å². The van der Waals surface area contributed by atoms with Crippen LogP contribution in [0.15, 0.2) is 75.7 Å². The zero-order valence-corrected chi connectivity index (χ0v) is 19.9. The van der Waals surface area contributed by atoms with Crippen LogP contribution in [0.3, 0.4) is 0 Å². The first-order valence-electron chi connectivity index (χ1n) is 8.34. The summed E-state index contributed by atoms with van der Waals surface area (Å²) in [6.45, 7) is 0. The average Bonchev–Trinajstić information content (AvgIpc) is 2.72. The molecule has 0 saturated carbocycles. The van der Waals surface area contributed by atoms with Crippen molar-refractivity contribution in [2.75, 3.05) is 7.11 Å². The van der Waals surface area contributed by atoms with Crippen LogP contribution in [0.4, 0.5) is 0 Å². The number of benzene rings is 3. The summed E-state index contributed by atoms with van der Waals surface area (Å²) in [5.41, 5.74) is -1.63. The molecule has 1 atom stereocenters. The molecule has 4 nitrogen and oxygen atoms in total. The molecule has 0 heterocycles. The summed E-state index contributed by atoms with van der Waals surface area (Å²) in [5, 5.41) is 0.184. The maximum atomic E-state index is 14.3. The van der Waals surface area contributed by atoms with Gasteiger partial charge in [0.2, 0.25) is 18.2 Å². The highest BCUT2D eigenvalue weighted by molar-refractivity contribution is 9.11. The Morgan fingerprint density at radius 2 is 1.38 bits per heavy atom. The van der Waals surface area contributed by atoms with Crippen LogP contribution >= 0.6 is 50.6 Å². The quantitative estimate of drug-likeness (QED) is 0.324. The zero-order valence-electron chi connectivity index (χ0n) is 15.1. The third kappa shape index (κ3) is 3.99. The molecule has 0 N–H and O–H groups in total. The van der Waals surface area contributed by atoms with Gasteiger partial charge >= 0.3 is 0 Å². The molecule has 3 rings (SSSR count). The third-order valence-electron chi connectivity index (χ3n) is 4.28. The van der Waals surface area contributed by atoms with Gasteiger partial charge in [-0.05, 0) is 56.1 Å². The van der Waals surface area contributed by atoms with E-state index in [0.29, 0.717) is 8.95 Å². The Balaban J connectivity index is 2.31. The number of carbonyl (C=O) groups excluding carboxylic acids is 2. The van der Waals surface area contributed by atoms with E-state index in [9.17, 15) is 14.2 Å². The molecule has 3 aromatic carbocycles. The van der Waals surface area contributed by atoms with E-state index >= 15 is 0 Å². The van der Waals surface area contributed by atoms with E-state index in [-0.39, 0.29) is 27.2 Å². The van der Waals surface area contributed by atoms with Gasteiger partial charge in [-0.2, -0.15) is 0 Å². The van der Waals surface area contributed by atoms with Crippen LogP contribution in [0.1, 0.15) is 20.7 Å². The van der Waals surface area contributed by atoms with E-state index < -0.39 is 18.2 Å². The number of carbonyl (C=O) groups is 2. The minimum Gasteiger partial charge on any atom is -0.496 e. The lowest BCUT2D eigenvalue weighted by molar-refractivity contribution is 0.103. The first kappa shape index (κ1) is 22.0. The van der Waals surface area contributed by atoms with Gasteiger partial charge < -0.3 is 9.30 Å². The van der Waals surface area contributed by atoms with Gasteiger partial charge in [0.1, 0.15) is 5.75 Å². The van der Waals surface area contributed by atoms with Crippen molar-refractivity contribution in [3.8, 4) is 5.75 Å². The Hall–Kier alpha value is -1.72. The van der Waals surface area contributed by atoms with E-state index in [1.807, 2.05) is 0 Å². The molecule has 8 heteroatoms. The van der Waals surface area contributed by atoms with Crippen LogP contribution in [-0.4, -0.2) is 18.2 Å². The van der Waals surface area contributed by atoms with E-state index in [1.54, 1.807) is 42.5 Å². The molecule has 1 unspecified atom stereocenters. The number of ether oxygens (including phenoxy) is 1. The van der Waals surface area contributed by atoms with Gasteiger partial charge in [0.25, 0.3) is 0 Å². The summed E-state index contributed by atoms with van der Waals surface area (Å²) >= 11 is 12.9. The summed E-state index contributed by atoms with van der Waals surface area (Å²) in [7, 11) is -2.94. The van der Waals surface area contributed by atoms with Crippen molar-refractivity contribution in [1.29, 1.82) is 0 Å². The summed E-state index contributed by atoms with van der Waals surface area (Å²) in [4.78, 5) is 27.2. The largest absolute Gasteiger partial charge is 0.496 e. The van der Waals surface area contributed by atoms with Gasteiger partial charge in [0.05, 0.1) is 23.3 Å². The summed E-state index contributed by atoms with van der Waals surface area (Å²) in [5.74, 6) is 0.151. The molecule has 0 fully saturated rings. The van der Waals surface area contributed by atoms with Gasteiger partial charge in [-0.3, -0.25) is 9.59 Å². The molecule has 0 saturated heterocycles. The second-order valence-electron chi connectivity index (χ2n) is 5.97. The fraction of sp³-hybridized carbons (Fsp3) is 0.0476. The lowest BCUT2D eigenvalue weighted by atomic mass is 10.2. The van der Waals surface area contributed by atoms with Crippen molar-refractivity contribution in [3.05, 3.63) is 91.8 Å². The molecule has 0 aliphatic carbocycles. The highest BCUT2D eigenvalue weighted by Gasteiger charge is 2.45. The van der Waals surface area contributed by atoms with Crippen LogP contribution in [-0.2, 0) is 4.57 Å². The maximum Gasteiger partial charge on any atom is 0.248 e. The van der Waals surface area contributed by atoms with E-state index in [0.717, 1.165) is 0 Å². The molecule has 0 bridgehead atoms. The van der Waals surface area contributed by atoms with Crippen molar-refractivity contribution in [2.45, 2.75) is 0 Å². The number of hydrogen-bond donors (Lipinski definition) is 0. The average molecular weight is 557 g/mol. The Bertz CT molecular complexity index is 1130. The minimum atomic E-state index is -4.32. The monoisotopic (exact) mass is 554 g/mol. The van der Waals surface area contributed by atoms with Crippen molar-refractivity contribution >= 4 is 67.0 Å². The predicted octanol–water partition coefficient (Wildman–Crippen LogP) is 6.54. The highest BCUT2D eigenvalue weighted by atomic mass is 79.9. The Morgan fingerprint density at radius 1 is 0.828 bits per heavy atom. The normalized spacial score (nSPS) is 12.8. The Morgan fingerprint density at radius 3 is 1.97 bits per heavy atom. The number of hydrogen-bond acceptors (Lipinski definition) is 4. The molecule has 0 aliphatic heterocycles. The van der Waals surface area contributed by atoms with Gasteiger partial charge in [-0.25, -0.2) is 0 Å². The van der Waals surface area contributed by atoms with Crippen molar-refractivity contribution in [3.63, 3.8) is 0 Å². The van der Waals surface area contributed by atoms with Crippen molar-refractivity contribution in [1.82, 2.24) is 0 Å². The summed E-state index contributed by atoms with van der Waals surface area (Å²) < 4.78 is 20.4.